The van der Waals surface area contributed by atoms with Crippen molar-refractivity contribution in [3.8, 4) is 0 Å². The van der Waals surface area contributed by atoms with Gasteiger partial charge in [-0.05, 0) is 43.4 Å². The minimum Gasteiger partial charge on any atom is -0.462 e. The van der Waals surface area contributed by atoms with Gasteiger partial charge in [-0.25, -0.2) is 9.13 Å². The van der Waals surface area contributed by atoms with Gasteiger partial charge in [-0.2, -0.15) is 0 Å². The van der Waals surface area contributed by atoms with Gasteiger partial charge in [0.15, 0.2) is 12.2 Å². The minimum absolute atomic E-state index is 0.105. The molecule has 0 radical (unpaired) electrons. The number of carbonyl (C=O) groups excluding carboxylic acids is 4. The fourth-order valence-corrected chi connectivity index (χ4v) is 13.5. The lowest BCUT2D eigenvalue weighted by molar-refractivity contribution is -0.161. The lowest BCUT2D eigenvalue weighted by Gasteiger charge is -2.21. The van der Waals surface area contributed by atoms with Gasteiger partial charge in [-0.3, -0.25) is 37.3 Å². The number of rotatable bonds is 76. The van der Waals surface area contributed by atoms with E-state index in [1.807, 2.05) is 0 Å². The van der Waals surface area contributed by atoms with Gasteiger partial charge in [0.2, 0.25) is 0 Å². The molecule has 0 fully saturated rings. The smallest absolute Gasteiger partial charge is 0.462 e. The van der Waals surface area contributed by atoms with Crippen molar-refractivity contribution in [1.29, 1.82) is 0 Å². The van der Waals surface area contributed by atoms with E-state index in [4.69, 9.17) is 37.0 Å². The number of hydrogen-bond acceptors (Lipinski definition) is 15. The third-order valence-electron chi connectivity index (χ3n) is 18.5. The van der Waals surface area contributed by atoms with E-state index in [0.29, 0.717) is 31.6 Å². The van der Waals surface area contributed by atoms with Crippen molar-refractivity contribution in [2.24, 2.45) is 17.8 Å². The molecule has 0 aliphatic heterocycles. The Morgan fingerprint density at radius 3 is 0.784 bits per heavy atom. The molecule has 19 heteroatoms. The SMILES string of the molecule is CCCCCCCCCCCCCCCCCCCCCC(=O)O[C@H](COC(=O)CCCCCCCCCCCCCC(C)C)COP(=O)(O)OC[C@@H](O)COP(=O)(O)OC[C@@H](COC(=O)CCCCCCCCCC(C)C)OC(=O)CCCCCCCCCCCCC(C)CC. The molecule has 0 aliphatic rings. The molecule has 97 heavy (non-hydrogen) atoms. The molecule has 17 nitrogen and oxygen atoms in total. The zero-order valence-corrected chi connectivity index (χ0v) is 65.3. The summed E-state index contributed by atoms with van der Waals surface area (Å²) in [6.07, 6.45) is 55.5. The second-order valence-electron chi connectivity index (χ2n) is 29.3. The molecule has 3 unspecified atom stereocenters. The Morgan fingerprint density at radius 2 is 0.526 bits per heavy atom. The van der Waals surface area contributed by atoms with Crippen LogP contribution in [-0.4, -0.2) is 96.7 Å². The van der Waals surface area contributed by atoms with Crippen molar-refractivity contribution in [3.63, 3.8) is 0 Å². The van der Waals surface area contributed by atoms with Crippen molar-refractivity contribution in [2.45, 2.75) is 420 Å². The predicted molar refractivity (Wildman–Crippen MR) is 395 cm³/mol. The normalized spacial score (nSPS) is 14.3. The van der Waals surface area contributed by atoms with E-state index < -0.39 is 97.5 Å². The third kappa shape index (κ3) is 70.9. The monoisotopic (exact) mass is 1420 g/mol. The molecular formula is C78H152O17P2. The maximum atomic E-state index is 13.1. The highest BCUT2D eigenvalue weighted by molar-refractivity contribution is 7.47. The third-order valence-corrected chi connectivity index (χ3v) is 20.4. The molecule has 0 saturated heterocycles. The van der Waals surface area contributed by atoms with Gasteiger partial charge in [0.05, 0.1) is 26.4 Å². The molecule has 0 bridgehead atoms. The second-order valence-corrected chi connectivity index (χ2v) is 32.2. The average molecular weight is 1420 g/mol. The van der Waals surface area contributed by atoms with E-state index in [1.54, 1.807) is 0 Å². The summed E-state index contributed by atoms with van der Waals surface area (Å²) >= 11 is 0. The molecule has 0 saturated carbocycles. The number of hydrogen-bond donors (Lipinski definition) is 3. The number of aliphatic hydroxyl groups excluding tert-OH is 1. The molecule has 6 atom stereocenters. The summed E-state index contributed by atoms with van der Waals surface area (Å²) in [5.41, 5.74) is 0. The summed E-state index contributed by atoms with van der Waals surface area (Å²) < 4.78 is 68.6. The van der Waals surface area contributed by atoms with Gasteiger partial charge < -0.3 is 33.8 Å². The summed E-state index contributed by atoms with van der Waals surface area (Å²) in [4.78, 5) is 72.9. The van der Waals surface area contributed by atoms with E-state index in [1.165, 1.54) is 205 Å². The van der Waals surface area contributed by atoms with Gasteiger partial charge in [0.25, 0.3) is 0 Å². The lowest BCUT2D eigenvalue weighted by atomic mass is 9.99. The van der Waals surface area contributed by atoms with Crippen LogP contribution in [0.4, 0.5) is 0 Å². The van der Waals surface area contributed by atoms with E-state index in [-0.39, 0.29) is 25.7 Å². The molecule has 0 heterocycles. The first-order valence-electron chi connectivity index (χ1n) is 40.4. The van der Waals surface area contributed by atoms with E-state index in [0.717, 1.165) is 108 Å². The van der Waals surface area contributed by atoms with E-state index >= 15 is 0 Å². The highest BCUT2D eigenvalue weighted by atomic mass is 31.2. The van der Waals surface area contributed by atoms with Crippen LogP contribution in [0.5, 0.6) is 0 Å². The van der Waals surface area contributed by atoms with Crippen LogP contribution in [0.2, 0.25) is 0 Å². The first-order chi connectivity index (χ1) is 46.8. The Hall–Kier alpha value is -1.94. The fraction of sp³-hybridized carbons (Fsp3) is 0.949. The summed E-state index contributed by atoms with van der Waals surface area (Å²) in [5.74, 6) is 0.163. The van der Waals surface area contributed by atoms with Crippen LogP contribution in [0.1, 0.15) is 402 Å². The number of carbonyl (C=O) groups is 4. The first-order valence-corrected chi connectivity index (χ1v) is 43.4. The van der Waals surface area contributed by atoms with Crippen molar-refractivity contribution < 1.29 is 80.2 Å². The largest absolute Gasteiger partial charge is 0.472 e. The molecule has 0 aliphatic carbocycles. The standard InChI is InChI=1S/C78H152O17P2/c1-8-10-11-12-13-14-15-16-17-18-19-20-21-22-25-32-39-47-54-61-77(82)94-73(65-88-75(80)59-52-45-38-31-26-23-24-29-35-42-49-56-69(3)4)67-92-96(84,85)90-63-72(79)64-91-97(86,87)93-68-74(66-89-76(81)60-53-46-41-34-36-43-50-57-70(5)6)95-78(83)62-55-48-40-33-28-27-30-37-44-51-58-71(7)9-2/h69-74,79H,8-68H2,1-7H3,(H,84,85)(H,86,87)/t71?,72-,73-,74-/m1/s1. The van der Waals surface area contributed by atoms with Crippen LogP contribution in [0.25, 0.3) is 0 Å². The fourth-order valence-electron chi connectivity index (χ4n) is 11.9. The Labute approximate surface area is 594 Å². The Kier molecular flexibility index (Phi) is 67.1. The van der Waals surface area contributed by atoms with Crippen molar-refractivity contribution in [1.82, 2.24) is 0 Å². The Morgan fingerprint density at radius 1 is 0.299 bits per heavy atom. The molecule has 0 spiro atoms. The van der Waals surface area contributed by atoms with Crippen LogP contribution >= 0.6 is 15.6 Å². The van der Waals surface area contributed by atoms with Crippen molar-refractivity contribution in [2.75, 3.05) is 39.6 Å². The van der Waals surface area contributed by atoms with Crippen LogP contribution < -0.4 is 0 Å². The average Bonchev–Trinajstić information content (AvgIpc) is 1.89. The molecule has 3 N–H and O–H groups in total. The topological polar surface area (TPSA) is 237 Å². The molecule has 0 aromatic carbocycles. The molecular weight excluding hydrogens is 1270 g/mol. The number of phosphoric ester groups is 2. The first kappa shape index (κ1) is 95.1. The number of esters is 4. The number of ether oxygens (including phenoxy) is 4. The van der Waals surface area contributed by atoms with Crippen LogP contribution in [0, 0.1) is 17.8 Å². The molecule has 576 valence electrons. The molecule has 0 rings (SSSR count). The molecule has 0 aromatic rings. The Balaban J connectivity index is 5.24. The molecule has 0 aromatic heterocycles. The summed E-state index contributed by atoms with van der Waals surface area (Å²) in [5, 5.41) is 10.6. The zero-order valence-electron chi connectivity index (χ0n) is 63.5. The zero-order chi connectivity index (χ0) is 71.6. The maximum absolute atomic E-state index is 13.1. The van der Waals surface area contributed by atoms with Crippen molar-refractivity contribution in [3.05, 3.63) is 0 Å². The Bertz CT molecular complexity index is 1890. The highest BCUT2D eigenvalue weighted by Crippen LogP contribution is 2.45. The van der Waals surface area contributed by atoms with Crippen LogP contribution in [0.15, 0.2) is 0 Å². The number of aliphatic hydroxyl groups is 1. The van der Waals surface area contributed by atoms with Gasteiger partial charge in [-0.1, -0.05) is 350 Å². The van der Waals surface area contributed by atoms with E-state index in [2.05, 4.69) is 48.5 Å². The van der Waals surface area contributed by atoms with Gasteiger partial charge in [-0.15, -0.1) is 0 Å². The molecule has 0 amide bonds. The highest BCUT2D eigenvalue weighted by Gasteiger charge is 2.30. The van der Waals surface area contributed by atoms with Gasteiger partial charge >= 0.3 is 39.5 Å². The quantitative estimate of drug-likeness (QED) is 0.0222. The maximum Gasteiger partial charge on any atom is 0.472 e. The number of unbranched alkanes of at least 4 members (excludes halogenated alkanes) is 43. The van der Waals surface area contributed by atoms with Gasteiger partial charge in [0, 0.05) is 25.7 Å². The predicted octanol–water partition coefficient (Wildman–Crippen LogP) is 23.0. The second kappa shape index (κ2) is 68.5. The lowest BCUT2D eigenvalue weighted by Crippen LogP contribution is -2.30. The summed E-state index contributed by atoms with van der Waals surface area (Å²) in [7, 11) is -9.92. The summed E-state index contributed by atoms with van der Waals surface area (Å²) in [6.45, 7) is 11.9. The summed E-state index contributed by atoms with van der Waals surface area (Å²) in [6, 6.07) is 0. The van der Waals surface area contributed by atoms with Gasteiger partial charge in [0.1, 0.15) is 19.3 Å². The minimum atomic E-state index is -4.96. The number of phosphoric acid groups is 2. The van der Waals surface area contributed by atoms with Crippen LogP contribution in [0.3, 0.4) is 0 Å². The van der Waals surface area contributed by atoms with Crippen molar-refractivity contribution >= 4 is 39.5 Å². The van der Waals surface area contributed by atoms with Crippen LogP contribution in [-0.2, 0) is 65.4 Å². The van der Waals surface area contributed by atoms with E-state index in [9.17, 15) is 43.2 Å².